The predicted octanol–water partition coefficient (Wildman–Crippen LogP) is 2.54. The van der Waals surface area contributed by atoms with Crippen LogP contribution in [0.1, 0.15) is 5.56 Å². The second-order valence-electron chi connectivity index (χ2n) is 3.68. The van der Waals surface area contributed by atoms with Crippen LogP contribution in [0.3, 0.4) is 0 Å². The van der Waals surface area contributed by atoms with Crippen LogP contribution < -0.4 is 10.1 Å². The maximum absolute atomic E-state index is 12.0. The van der Waals surface area contributed by atoms with Gasteiger partial charge in [0.2, 0.25) is 0 Å². The number of halogens is 3. The van der Waals surface area contributed by atoms with E-state index in [1.807, 2.05) is 11.9 Å². The number of aliphatic imine (C=N–C) groups is 1. The minimum atomic E-state index is -2.79. The Morgan fingerprint density at radius 2 is 1.95 bits per heavy atom. The standard InChI is InChI=1S/C12H17F2N3O.HI/c1-15-12(16-2)17(3)8-9-4-6-10(7-5-9)18-11(13)14;/h4-7,11H,8H2,1-3H3,(H,15,16);1H. The van der Waals surface area contributed by atoms with Gasteiger partial charge < -0.3 is 15.0 Å². The molecule has 0 atom stereocenters. The highest BCUT2D eigenvalue weighted by Gasteiger charge is 2.06. The largest absolute Gasteiger partial charge is 0.435 e. The molecule has 0 radical (unpaired) electrons. The Labute approximate surface area is 128 Å². The fourth-order valence-corrected chi connectivity index (χ4v) is 1.60. The summed E-state index contributed by atoms with van der Waals surface area (Å²) < 4.78 is 28.2. The first kappa shape index (κ1) is 17.9. The van der Waals surface area contributed by atoms with E-state index in [1.54, 1.807) is 26.2 Å². The first-order valence-corrected chi connectivity index (χ1v) is 5.46. The Morgan fingerprint density at radius 1 is 1.37 bits per heavy atom. The van der Waals surface area contributed by atoms with Crippen molar-refractivity contribution >= 4 is 29.9 Å². The van der Waals surface area contributed by atoms with E-state index in [9.17, 15) is 8.78 Å². The number of nitrogens with zero attached hydrogens (tertiary/aromatic N) is 2. The van der Waals surface area contributed by atoms with Gasteiger partial charge in [0.1, 0.15) is 5.75 Å². The zero-order valence-electron chi connectivity index (χ0n) is 11.1. The maximum atomic E-state index is 12.0. The molecule has 0 aromatic heterocycles. The highest BCUT2D eigenvalue weighted by molar-refractivity contribution is 14.0. The van der Waals surface area contributed by atoms with E-state index in [4.69, 9.17) is 0 Å². The quantitative estimate of drug-likeness (QED) is 0.492. The Bertz CT molecular complexity index is 398. The lowest BCUT2D eigenvalue weighted by atomic mass is 10.2. The average molecular weight is 385 g/mol. The molecule has 0 aliphatic carbocycles. The van der Waals surface area contributed by atoms with Gasteiger partial charge in [-0.05, 0) is 17.7 Å². The molecule has 0 fully saturated rings. The Morgan fingerprint density at radius 3 is 2.37 bits per heavy atom. The van der Waals surface area contributed by atoms with Crippen molar-refractivity contribution in [2.45, 2.75) is 13.2 Å². The predicted molar refractivity (Wildman–Crippen MR) is 82.4 cm³/mol. The topological polar surface area (TPSA) is 36.9 Å². The molecule has 0 saturated carbocycles. The van der Waals surface area contributed by atoms with Crippen molar-refractivity contribution in [2.75, 3.05) is 21.1 Å². The van der Waals surface area contributed by atoms with Crippen LogP contribution in [-0.4, -0.2) is 38.6 Å². The summed E-state index contributed by atoms with van der Waals surface area (Å²) in [5.41, 5.74) is 0.982. The normalized spacial score (nSPS) is 10.9. The van der Waals surface area contributed by atoms with Crippen LogP contribution in [0.15, 0.2) is 29.3 Å². The van der Waals surface area contributed by atoms with Crippen molar-refractivity contribution in [3.63, 3.8) is 0 Å². The molecule has 1 aromatic rings. The van der Waals surface area contributed by atoms with Crippen LogP contribution in [0.2, 0.25) is 0 Å². The number of ether oxygens (including phenoxy) is 1. The van der Waals surface area contributed by atoms with E-state index in [-0.39, 0.29) is 29.7 Å². The lowest BCUT2D eigenvalue weighted by molar-refractivity contribution is -0.0498. The molecule has 0 aliphatic heterocycles. The summed E-state index contributed by atoms with van der Waals surface area (Å²) in [4.78, 5) is 5.99. The van der Waals surface area contributed by atoms with Crippen molar-refractivity contribution in [3.8, 4) is 5.75 Å². The Kier molecular flexibility index (Phi) is 8.37. The molecule has 0 aliphatic rings. The summed E-state index contributed by atoms with van der Waals surface area (Å²) in [5, 5.41) is 2.96. The van der Waals surface area contributed by atoms with Crippen LogP contribution in [0.4, 0.5) is 8.78 Å². The third-order valence-electron chi connectivity index (χ3n) is 2.37. The van der Waals surface area contributed by atoms with Crippen molar-refractivity contribution < 1.29 is 13.5 Å². The third kappa shape index (κ3) is 6.04. The van der Waals surface area contributed by atoms with E-state index >= 15 is 0 Å². The second kappa shape index (κ2) is 8.89. The smallest absolute Gasteiger partial charge is 0.387 e. The van der Waals surface area contributed by atoms with Gasteiger partial charge in [-0.2, -0.15) is 8.78 Å². The molecule has 4 nitrogen and oxygen atoms in total. The van der Waals surface area contributed by atoms with Crippen molar-refractivity contribution in [3.05, 3.63) is 29.8 Å². The molecule has 0 saturated heterocycles. The van der Waals surface area contributed by atoms with Gasteiger partial charge in [0.05, 0.1) is 0 Å². The van der Waals surface area contributed by atoms with Crippen LogP contribution >= 0.6 is 24.0 Å². The van der Waals surface area contributed by atoms with Gasteiger partial charge in [-0.3, -0.25) is 4.99 Å². The lowest BCUT2D eigenvalue weighted by Crippen LogP contribution is -2.36. The second-order valence-corrected chi connectivity index (χ2v) is 3.68. The maximum Gasteiger partial charge on any atom is 0.387 e. The van der Waals surface area contributed by atoms with Gasteiger partial charge in [-0.25, -0.2) is 0 Å². The number of alkyl halides is 2. The first-order chi connectivity index (χ1) is 8.56. The van der Waals surface area contributed by atoms with Crippen molar-refractivity contribution in [1.29, 1.82) is 0 Å². The van der Waals surface area contributed by atoms with Crippen LogP contribution in [0.25, 0.3) is 0 Å². The van der Waals surface area contributed by atoms with Crippen molar-refractivity contribution in [2.24, 2.45) is 4.99 Å². The van der Waals surface area contributed by atoms with Crippen LogP contribution in [0.5, 0.6) is 5.75 Å². The SMILES string of the molecule is CN=C(NC)N(C)Cc1ccc(OC(F)F)cc1.I. The number of hydrogen-bond acceptors (Lipinski definition) is 2. The van der Waals surface area contributed by atoms with Crippen molar-refractivity contribution in [1.82, 2.24) is 10.2 Å². The van der Waals surface area contributed by atoms with Gasteiger partial charge in [-0.1, -0.05) is 12.1 Å². The monoisotopic (exact) mass is 385 g/mol. The summed E-state index contributed by atoms with van der Waals surface area (Å²) >= 11 is 0. The molecular formula is C12H18F2IN3O. The highest BCUT2D eigenvalue weighted by atomic mass is 127. The van der Waals surface area contributed by atoms with E-state index in [0.717, 1.165) is 11.5 Å². The minimum absolute atomic E-state index is 0. The summed E-state index contributed by atoms with van der Waals surface area (Å²) in [6.45, 7) is -2.16. The summed E-state index contributed by atoms with van der Waals surface area (Å²) in [6.07, 6.45) is 0. The van der Waals surface area contributed by atoms with Gasteiger partial charge >= 0.3 is 6.61 Å². The molecule has 0 spiro atoms. The fourth-order valence-electron chi connectivity index (χ4n) is 1.60. The van der Waals surface area contributed by atoms with Crippen LogP contribution in [-0.2, 0) is 6.54 Å². The molecule has 1 aromatic carbocycles. The lowest BCUT2D eigenvalue weighted by Gasteiger charge is -2.20. The van der Waals surface area contributed by atoms with Crippen LogP contribution in [0, 0.1) is 0 Å². The van der Waals surface area contributed by atoms with Gasteiger partial charge in [0, 0.05) is 27.7 Å². The number of benzene rings is 1. The number of hydrogen-bond donors (Lipinski definition) is 1. The minimum Gasteiger partial charge on any atom is -0.435 e. The Balaban J connectivity index is 0.00000324. The number of guanidine groups is 1. The highest BCUT2D eigenvalue weighted by Crippen LogP contribution is 2.15. The van der Waals surface area contributed by atoms with E-state index in [0.29, 0.717) is 6.54 Å². The third-order valence-corrected chi connectivity index (χ3v) is 2.37. The van der Waals surface area contributed by atoms with E-state index in [1.165, 1.54) is 12.1 Å². The number of nitrogens with one attached hydrogen (secondary N) is 1. The molecule has 0 unspecified atom stereocenters. The first-order valence-electron chi connectivity index (χ1n) is 5.46. The zero-order chi connectivity index (χ0) is 13.5. The van der Waals surface area contributed by atoms with E-state index < -0.39 is 6.61 Å². The molecule has 0 heterocycles. The zero-order valence-corrected chi connectivity index (χ0v) is 13.4. The Hall–Kier alpha value is -1.12. The van der Waals surface area contributed by atoms with Gasteiger partial charge in [-0.15, -0.1) is 24.0 Å². The summed E-state index contributed by atoms with van der Waals surface area (Å²) in [7, 11) is 5.38. The molecule has 7 heteroatoms. The molecule has 0 amide bonds. The number of rotatable bonds is 4. The fraction of sp³-hybridized carbons (Fsp3) is 0.417. The molecule has 1 N–H and O–H groups in total. The van der Waals surface area contributed by atoms with Gasteiger partial charge in [0.25, 0.3) is 0 Å². The molecule has 0 bridgehead atoms. The summed E-state index contributed by atoms with van der Waals surface area (Å²) in [5.74, 6) is 0.914. The molecule has 108 valence electrons. The summed E-state index contributed by atoms with van der Waals surface area (Å²) in [6, 6.07) is 6.54. The van der Waals surface area contributed by atoms with Gasteiger partial charge in [0.15, 0.2) is 5.96 Å². The average Bonchev–Trinajstić information content (AvgIpc) is 2.32. The molecule has 19 heavy (non-hydrogen) atoms. The van der Waals surface area contributed by atoms with E-state index in [2.05, 4.69) is 15.0 Å². The molecular weight excluding hydrogens is 367 g/mol. The molecule has 1 rings (SSSR count).